The van der Waals surface area contributed by atoms with Gasteiger partial charge in [0.15, 0.2) is 0 Å². The molecule has 0 aliphatic heterocycles. The van der Waals surface area contributed by atoms with Gasteiger partial charge in [-0.05, 0) is 60.2 Å². The monoisotopic (exact) mass is 353 g/mol. The molecule has 0 amide bonds. The van der Waals surface area contributed by atoms with Crippen LogP contribution in [0, 0.1) is 10.5 Å². The standard InChI is InChI=1S/C14H16IN3/c1-3-17-12-7-13(9-16-8-12)18-14-6-11(15)5-4-10(14)2/h4-9,17-18H,3H2,1-2H3. The van der Waals surface area contributed by atoms with Crippen LogP contribution in [0.3, 0.4) is 0 Å². The van der Waals surface area contributed by atoms with Gasteiger partial charge in [0, 0.05) is 15.8 Å². The molecule has 0 saturated heterocycles. The Labute approximate surface area is 121 Å². The molecule has 2 N–H and O–H groups in total. The maximum atomic E-state index is 4.22. The van der Waals surface area contributed by atoms with Crippen molar-refractivity contribution in [3.05, 3.63) is 45.8 Å². The summed E-state index contributed by atoms with van der Waals surface area (Å²) in [5, 5.41) is 6.66. The molecule has 2 aromatic rings. The average Bonchev–Trinajstić information content (AvgIpc) is 2.35. The lowest BCUT2D eigenvalue weighted by molar-refractivity contribution is 1.19. The summed E-state index contributed by atoms with van der Waals surface area (Å²) in [6, 6.07) is 8.42. The summed E-state index contributed by atoms with van der Waals surface area (Å²) in [6.07, 6.45) is 3.66. The largest absolute Gasteiger partial charge is 0.384 e. The van der Waals surface area contributed by atoms with Gasteiger partial charge in [-0.1, -0.05) is 6.07 Å². The second kappa shape index (κ2) is 6.04. The van der Waals surface area contributed by atoms with E-state index in [-0.39, 0.29) is 0 Å². The summed E-state index contributed by atoms with van der Waals surface area (Å²) >= 11 is 2.32. The van der Waals surface area contributed by atoms with Crippen molar-refractivity contribution in [1.29, 1.82) is 0 Å². The first-order valence-electron chi connectivity index (χ1n) is 5.91. The highest BCUT2D eigenvalue weighted by atomic mass is 127. The van der Waals surface area contributed by atoms with E-state index in [1.165, 1.54) is 9.13 Å². The molecule has 3 nitrogen and oxygen atoms in total. The Morgan fingerprint density at radius 3 is 2.72 bits per heavy atom. The normalized spacial score (nSPS) is 10.2. The molecule has 0 atom stereocenters. The molecule has 0 aliphatic carbocycles. The van der Waals surface area contributed by atoms with E-state index in [2.05, 4.69) is 76.3 Å². The first kappa shape index (κ1) is 13.1. The Morgan fingerprint density at radius 1 is 1.17 bits per heavy atom. The molecule has 1 aromatic heterocycles. The van der Waals surface area contributed by atoms with Crippen LogP contribution < -0.4 is 10.6 Å². The SMILES string of the molecule is CCNc1cncc(Nc2cc(I)ccc2C)c1. The third-order valence-electron chi connectivity index (χ3n) is 2.60. The Kier molecular flexibility index (Phi) is 4.41. The minimum absolute atomic E-state index is 0.896. The van der Waals surface area contributed by atoms with Crippen LogP contribution in [0.2, 0.25) is 0 Å². The summed E-state index contributed by atoms with van der Waals surface area (Å²) in [5.74, 6) is 0. The van der Waals surface area contributed by atoms with Crippen molar-refractivity contribution in [3.8, 4) is 0 Å². The molecule has 0 spiro atoms. The number of aryl methyl sites for hydroxylation is 1. The lowest BCUT2D eigenvalue weighted by atomic mass is 10.2. The van der Waals surface area contributed by atoms with E-state index in [1.54, 1.807) is 0 Å². The predicted molar refractivity (Wildman–Crippen MR) is 85.6 cm³/mol. The first-order chi connectivity index (χ1) is 8.69. The molecule has 0 bridgehead atoms. The number of nitrogens with one attached hydrogen (secondary N) is 2. The van der Waals surface area contributed by atoms with Crippen molar-refractivity contribution >= 4 is 39.7 Å². The maximum absolute atomic E-state index is 4.22. The Morgan fingerprint density at radius 2 is 1.94 bits per heavy atom. The van der Waals surface area contributed by atoms with Crippen molar-refractivity contribution in [1.82, 2.24) is 4.98 Å². The number of nitrogens with zero attached hydrogens (tertiary/aromatic N) is 1. The van der Waals surface area contributed by atoms with Crippen LogP contribution in [0.4, 0.5) is 17.1 Å². The predicted octanol–water partition coefficient (Wildman–Crippen LogP) is 4.17. The molecule has 94 valence electrons. The van der Waals surface area contributed by atoms with Crippen molar-refractivity contribution in [3.63, 3.8) is 0 Å². The van der Waals surface area contributed by atoms with Crippen LogP contribution in [0.1, 0.15) is 12.5 Å². The number of hydrogen-bond acceptors (Lipinski definition) is 3. The summed E-state index contributed by atoms with van der Waals surface area (Å²) in [6.45, 7) is 5.07. The van der Waals surface area contributed by atoms with E-state index >= 15 is 0 Å². The van der Waals surface area contributed by atoms with Gasteiger partial charge in [-0.25, -0.2) is 0 Å². The third kappa shape index (κ3) is 3.35. The number of pyridine rings is 1. The Hall–Kier alpha value is -1.30. The zero-order valence-electron chi connectivity index (χ0n) is 10.5. The first-order valence-corrected chi connectivity index (χ1v) is 6.99. The summed E-state index contributed by atoms with van der Waals surface area (Å²) in [7, 11) is 0. The highest BCUT2D eigenvalue weighted by molar-refractivity contribution is 14.1. The topological polar surface area (TPSA) is 37.0 Å². The summed E-state index contributed by atoms with van der Waals surface area (Å²) in [5.41, 5.74) is 4.38. The fraction of sp³-hybridized carbons (Fsp3) is 0.214. The average molecular weight is 353 g/mol. The molecular weight excluding hydrogens is 337 g/mol. The van der Waals surface area contributed by atoms with Gasteiger partial charge in [-0.15, -0.1) is 0 Å². The highest BCUT2D eigenvalue weighted by Crippen LogP contribution is 2.23. The Bertz CT molecular complexity index is 540. The fourth-order valence-corrected chi connectivity index (χ4v) is 2.18. The van der Waals surface area contributed by atoms with Crippen LogP contribution in [-0.2, 0) is 0 Å². The molecule has 18 heavy (non-hydrogen) atoms. The van der Waals surface area contributed by atoms with Gasteiger partial charge in [0.2, 0.25) is 0 Å². The zero-order chi connectivity index (χ0) is 13.0. The lowest BCUT2D eigenvalue weighted by Gasteiger charge is -2.11. The minimum Gasteiger partial charge on any atom is -0.384 e. The molecule has 0 saturated carbocycles. The van der Waals surface area contributed by atoms with Gasteiger partial charge in [0.05, 0.1) is 23.8 Å². The quantitative estimate of drug-likeness (QED) is 0.810. The van der Waals surface area contributed by atoms with Gasteiger partial charge >= 0.3 is 0 Å². The smallest absolute Gasteiger partial charge is 0.0591 e. The van der Waals surface area contributed by atoms with Gasteiger partial charge in [-0.3, -0.25) is 4.98 Å². The molecule has 0 radical (unpaired) electrons. The summed E-state index contributed by atoms with van der Waals surface area (Å²) in [4.78, 5) is 4.22. The minimum atomic E-state index is 0.896. The van der Waals surface area contributed by atoms with Crippen molar-refractivity contribution < 1.29 is 0 Å². The van der Waals surface area contributed by atoms with E-state index in [1.807, 2.05) is 12.4 Å². The molecule has 4 heteroatoms. The molecule has 0 unspecified atom stereocenters. The third-order valence-corrected chi connectivity index (χ3v) is 3.27. The second-order valence-electron chi connectivity index (χ2n) is 4.08. The highest BCUT2D eigenvalue weighted by Gasteiger charge is 2.01. The molecular formula is C14H16IN3. The van der Waals surface area contributed by atoms with Gasteiger partial charge in [0.1, 0.15) is 0 Å². The number of aromatic nitrogens is 1. The van der Waals surface area contributed by atoms with Crippen LogP contribution >= 0.6 is 22.6 Å². The number of hydrogen-bond donors (Lipinski definition) is 2. The van der Waals surface area contributed by atoms with Crippen LogP contribution in [0.5, 0.6) is 0 Å². The van der Waals surface area contributed by atoms with E-state index in [0.29, 0.717) is 0 Å². The van der Waals surface area contributed by atoms with Crippen molar-refractivity contribution in [2.24, 2.45) is 0 Å². The number of rotatable bonds is 4. The second-order valence-corrected chi connectivity index (χ2v) is 5.32. The van der Waals surface area contributed by atoms with Gasteiger partial charge in [0.25, 0.3) is 0 Å². The number of anilines is 3. The van der Waals surface area contributed by atoms with Crippen LogP contribution in [-0.4, -0.2) is 11.5 Å². The maximum Gasteiger partial charge on any atom is 0.0591 e. The zero-order valence-corrected chi connectivity index (χ0v) is 12.7. The number of halogens is 1. The Balaban J connectivity index is 2.22. The molecule has 0 fully saturated rings. The number of benzene rings is 1. The van der Waals surface area contributed by atoms with Crippen molar-refractivity contribution in [2.45, 2.75) is 13.8 Å². The van der Waals surface area contributed by atoms with E-state index in [0.717, 1.165) is 23.6 Å². The van der Waals surface area contributed by atoms with Gasteiger partial charge < -0.3 is 10.6 Å². The van der Waals surface area contributed by atoms with E-state index in [9.17, 15) is 0 Å². The molecule has 2 rings (SSSR count). The summed E-state index contributed by atoms with van der Waals surface area (Å²) < 4.78 is 1.22. The van der Waals surface area contributed by atoms with E-state index in [4.69, 9.17) is 0 Å². The van der Waals surface area contributed by atoms with Crippen LogP contribution in [0.15, 0.2) is 36.7 Å². The van der Waals surface area contributed by atoms with Gasteiger partial charge in [-0.2, -0.15) is 0 Å². The molecule has 1 heterocycles. The van der Waals surface area contributed by atoms with E-state index < -0.39 is 0 Å². The lowest BCUT2D eigenvalue weighted by Crippen LogP contribution is -1.99. The van der Waals surface area contributed by atoms with Crippen molar-refractivity contribution in [2.75, 3.05) is 17.2 Å². The fourth-order valence-electron chi connectivity index (χ4n) is 1.69. The molecule has 1 aromatic carbocycles. The van der Waals surface area contributed by atoms with Crippen LogP contribution in [0.25, 0.3) is 0 Å². The molecule has 0 aliphatic rings.